The number of sulfonamides is 1. The summed E-state index contributed by atoms with van der Waals surface area (Å²) in [5.41, 5.74) is 0.0790. The second kappa shape index (κ2) is 9.53. The SMILES string of the molecule is COc1ccc(C(=O)NCc2cc(F)ccc2F)cc1S(=O)(=O)N1CCCCCC1. The molecule has 162 valence electrons. The van der Waals surface area contributed by atoms with Crippen molar-refractivity contribution < 1.29 is 26.7 Å². The van der Waals surface area contributed by atoms with Crippen molar-refractivity contribution in [2.24, 2.45) is 0 Å². The van der Waals surface area contributed by atoms with Gasteiger partial charge in [0.05, 0.1) is 7.11 Å². The molecule has 0 aromatic heterocycles. The third-order valence-corrected chi connectivity index (χ3v) is 6.98. The van der Waals surface area contributed by atoms with Crippen LogP contribution >= 0.6 is 0 Å². The lowest BCUT2D eigenvalue weighted by atomic mass is 10.1. The first-order chi connectivity index (χ1) is 14.3. The maximum atomic E-state index is 13.8. The minimum absolute atomic E-state index is 0.00530. The van der Waals surface area contributed by atoms with Crippen LogP contribution in [0.15, 0.2) is 41.3 Å². The van der Waals surface area contributed by atoms with Crippen LogP contribution in [-0.2, 0) is 16.6 Å². The fraction of sp³-hybridized carbons (Fsp3) is 0.381. The molecule has 1 aliphatic rings. The number of hydrogen-bond acceptors (Lipinski definition) is 4. The number of methoxy groups -OCH3 is 1. The molecule has 1 fully saturated rings. The number of amides is 1. The molecule has 0 bridgehead atoms. The maximum absolute atomic E-state index is 13.8. The summed E-state index contributed by atoms with van der Waals surface area (Å²) in [5, 5.41) is 2.49. The first kappa shape index (κ1) is 22.2. The third-order valence-electron chi connectivity index (χ3n) is 5.06. The van der Waals surface area contributed by atoms with Crippen LogP contribution < -0.4 is 10.1 Å². The number of ether oxygens (including phenoxy) is 1. The highest BCUT2D eigenvalue weighted by Crippen LogP contribution is 2.29. The van der Waals surface area contributed by atoms with Gasteiger partial charge in [-0.2, -0.15) is 4.31 Å². The lowest BCUT2D eigenvalue weighted by Crippen LogP contribution is -2.32. The molecule has 1 saturated heterocycles. The highest BCUT2D eigenvalue weighted by Gasteiger charge is 2.29. The normalized spacial score (nSPS) is 15.4. The Labute approximate surface area is 174 Å². The maximum Gasteiger partial charge on any atom is 0.251 e. The zero-order valence-corrected chi connectivity index (χ0v) is 17.5. The quantitative estimate of drug-likeness (QED) is 0.750. The topological polar surface area (TPSA) is 75.7 Å². The minimum Gasteiger partial charge on any atom is -0.495 e. The Hall–Kier alpha value is -2.52. The summed E-state index contributed by atoms with van der Waals surface area (Å²) in [6.07, 6.45) is 3.51. The van der Waals surface area contributed by atoms with E-state index in [1.54, 1.807) is 0 Å². The van der Waals surface area contributed by atoms with Crippen molar-refractivity contribution in [1.82, 2.24) is 9.62 Å². The Bertz CT molecular complexity index is 1020. The summed E-state index contributed by atoms with van der Waals surface area (Å²) in [6.45, 7) is 0.601. The van der Waals surface area contributed by atoms with Crippen molar-refractivity contribution >= 4 is 15.9 Å². The van der Waals surface area contributed by atoms with Crippen LogP contribution in [0, 0.1) is 11.6 Å². The second-order valence-electron chi connectivity index (χ2n) is 7.10. The highest BCUT2D eigenvalue weighted by atomic mass is 32.2. The molecule has 6 nitrogen and oxygen atoms in total. The van der Waals surface area contributed by atoms with Crippen molar-refractivity contribution in [3.63, 3.8) is 0 Å². The monoisotopic (exact) mass is 438 g/mol. The molecule has 0 saturated carbocycles. The van der Waals surface area contributed by atoms with Gasteiger partial charge in [0, 0.05) is 30.8 Å². The molecule has 1 amide bonds. The average Bonchev–Trinajstić information content (AvgIpc) is 3.04. The fourth-order valence-electron chi connectivity index (χ4n) is 3.40. The number of carbonyl (C=O) groups is 1. The summed E-state index contributed by atoms with van der Waals surface area (Å²) in [7, 11) is -2.48. The number of rotatable bonds is 6. The predicted octanol–water partition coefficient (Wildman–Crippen LogP) is 3.47. The first-order valence-electron chi connectivity index (χ1n) is 9.73. The van der Waals surface area contributed by atoms with E-state index in [2.05, 4.69) is 5.32 Å². The van der Waals surface area contributed by atoms with Crippen LogP contribution in [0.3, 0.4) is 0 Å². The van der Waals surface area contributed by atoms with Gasteiger partial charge in [0.2, 0.25) is 10.0 Å². The van der Waals surface area contributed by atoms with E-state index in [1.807, 2.05) is 0 Å². The standard InChI is InChI=1S/C21H24F2N2O4S/c1-29-19-9-6-15(21(26)24-14-16-12-17(22)7-8-18(16)23)13-20(19)30(27,28)25-10-4-2-3-5-11-25/h6-9,12-13H,2-5,10-11,14H2,1H3,(H,24,26). The molecule has 3 rings (SSSR count). The number of nitrogens with one attached hydrogen (secondary N) is 1. The summed E-state index contributed by atoms with van der Waals surface area (Å²) < 4.78 is 60.1. The van der Waals surface area contributed by atoms with E-state index < -0.39 is 27.6 Å². The van der Waals surface area contributed by atoms with Crippen LogP contribution in [0.4, 0.5) is 8.78 Å². The predicted molar refractivity (Wildman–Crippen MR) is 108 cm³/mol. The Kier molecular flexibility index (Phi) is 7.04. The van der Waals surface area contributed by atoms with Gasteiger partial charge in [-0.3, -0.25) is 4.79 Å². The molecule has 0 radical (unpaired) electrons. The third kappa shape index (κ3) is 4.96. The van der Waals surface area contributed by atoms with Crippen LogP contribution in [-0.4, -0.2) is 38.8 Å². The van der Waals surface area contributed by atoms with Gasteiger partial charge in [0.1, 0.15) is 22.3 Å². The number of halogens is 2. The number of nitrogens with zero attached hydrogens (tertiary/aromatic N) is 1. The molecule has 0 spiro atoms. The van der Waals surface area contributed by atoms with E-state index in [9.17, 15) is 22.0 Å². The molecule has 1 N–H and O–H groups in total. The Morgan fingerprint density at radius 1 is 1.07 bits per heavy atom. The summed E-state index contributed by atoms with van der Waals surface area (Å²) in [4.78, 5) is 12.5. The molecular weight excluding hydrogens is 414 g/mol. The molecular formula is C21H24F2N2O4S. The Morgan fingerprint density at radius 3 is 2.43 bits per heavy atom. The number of hydrogen-bond donors (Lipinski definition) is 1. The van der Waals surface area contributed by atoms with Crippen LogP contribution in [0.2, 0.25) is 0 Å². The van der Waals surface area contributed by atoms with Crippen LogP contribution in [0.1, 0.15) is 41.6 Å². The Morgan fingerprint density at radius 2 is 1.77 bits per heavy atom. The van der Waals surface area contributed by atoms with Gasteiger partial charge in [0.25, 0.3) is 5.91 Å². The van der Waals surface area contributed by atoms with E-state index >= 15 is 0 Å². The first-order valence-corrected chi connectivity index (χ1v) is 11.2. The molecule has 1 aliphatic heterocycles. The van der Waals surface area contributed by atoms with Gasteiger partial charge in [0.15, 0.2) is 0 Å². The fourth-order valence-corrected chi connectivity index (χ4v) is 5.10. The van der Waals surface area contributed by atoms with E-state index in [0.29, 0.717) is 13.1 Å². The lowest BCUT2D eigenvalue weighted by molar-refractivity contribution is 0.0950. The highest BCUT2D eigenvalue weighted by molar-refractivity contribution is 7.89. The molecule has 2 aromatic rings. The van der Waals surface area contributed by atoms with Gasteiger partial charge < -0.3 is 10.1 Å². The lowest BCUT2D eigenvalue weighted by Gasteiger charge is -2.21. The molecule has 0 aliphatic carbocycles. The summed E-state index contributed by atoms with van der Waals surface area (Å²) in [5.74, 6) is -1.72. The minimum atomic E-state index is -3.84. The van der Waals surface area contributed by atoms with Gasteiger partial charge in [-0.05, 0) is 49.2 Å². The van der Waals surface area contributed by atoms with E-state index in [4.69, 9.17) is 4.74 Å². The largest absolute Gasteiger partial charge is 0.495 e. The van der Waals surface area contributed by atoms with Gasteiger partial charge in [-0.15, -0.1) is 0 Å². The van der Waals surface area contributed by atoms with E-state index in [1.165, 1.54) is 29.6 Å². The van der Waals surface area contributed by atoms with Gasteiger partial charge >= 0.3 is 0 Å². The molecule has 1 heterocycles. The van der Waals surface area contributed by atoms with Crippen molar-refractivity contribution in [3.05, 3.63) is 59.2 Å². The van der Waals surface area contributed by atoms with Gasteiger partial charge in [-0.25, -0.2) is 17.2 Å². The number of benzene rings is 2. The van der Waals surface area contributed by atoms with Crippen molar-refractivity contribution in [2.45, 2.75) is 37.1 Å². The summed E-state index contributed by atoms with van der Waals surface area (Å²) in [6, 6.07) is 7.08. The second-order valence-corrected chi connectivity index (χ2v) is 9.01. The van der Waals surface area contributed by atoms with E-state index in [0.717, 1.165) is 43.9 Å². The van der Waals surface area contributed by atoms with Gasteiger partial charge in [-0.1, -0.05) is 12.8 Å². The van der Waals surface area contributed by atoms with Crippen molar-refractivity contribution in [2.75, 3.05) is 20.2 Å². The molecule has 2 aromatic carbocycles. The zero-order valence-electron chi connectivity index (χ0n) is 16.7. The summed E-state index contributed by atoms with van der Waals surface area (Å²) >= 11 is 0. The smallest absolute Gasteiger partial charge is 0.251 e. The van der Waals surface area contributed by atoms with Crippen molar-refractivity contribution in [1.29, 1.82) is 0 Å². The van der Waals surface area contributed by atoms with E-state index in [-0.39, 0.29) is 28.3 Å². The van der Waals surface area contributed by atoms with Crippen molar-refractivity contribution in [3.8, 4) is 5.75 Å². The Balaban J connectivity index is 1.84. The molecule has 9 heteroatoms. The van der Waals surface area contributed by atoms with Crippen LogP contribution in [0.5, 0.6) is 5.75 Å². The zero-order chi connectivity index (χ0) is 21.7. The van der Waals surface area contributed by atoms with Crippen LogP contribution in [0.25, 0.3) is 0 Å². The molecule has 30 heavy (non-hydrogen) atoms. The molecule has 0 atom stereocenters. The molecule has 0 unspecified atom stereocenters. The number of carbonyl (C=O) groups excluding carboxylic acids is 1. The average molecular weight is 438 g/mol.